The predicted octanol–water partition coefficient (Wildman–Crippen LogP) is 3.54. The van der Waals surface area contributed by atoms with Crippen molar-refractivity contribution in [1.29, 1.82) is 0 Å². The smallest absolute Gasteiger partial charge is 0.398 e. The van der Waals surface area contributed by atoms with Gasteiger partial charge >= 0.3 is 6.18 Å². The molecule has 1 fully saturated rings. The number of aliphatic hydroxyl groups is 1. The monoisotopic (exact) mass is 375 g/mol. The van der Waals surface area contributed by atoms with E-state index in [1.165, 1.54) is 0 Å². The SMILES string of the molecule is CC1(C)Oc2ccc(SCC(F)(F)F)cc2[C@H](N2CCCC2=O)[C@H]1O. The maximum Gasteiger partial charge on any atom is 0.398 e. The van der Waals surface area contributed by atoms with Crippen LogP contribution in [0.5, 0.6) is 5.75 Å². The van der Waals surface area contributed by atoms with E-state index in [-0.39, 0.29) is 5.91 Å². The van der Waals surface area contributed by atoms with E-state index in [2.05, 4.69) is 0 Å². The van der Waals surface area contributed by atoms with E-state index >= 15 is 0 Å². The molecule has 2 aliphatic heterocycles. The molecule has 3 rings (SSSR count). The van der Waals surface area contributed by atoms with Crippen LogP contribution in [0.1, 0.15) is 38.3 Å². The van der Waals surface area contributed by atoms with Crippen LogP contribution in [0.15, 0.2) is 23.1 Å². The summed E-state index contributed by atoms with van der Waals surface area (Å²) in [5, 5.41) is 10.8. The molecule has 25 heavy (non-hydrogen) atoms. The number of halogens is 3. The molecule has 1 aromatic carbocycles. The topological polar surface area (TPSA) is 49.8 Å². The second kappa shape index (κ2) is 6.39. The number of fused-ring (bicyclic) bond motifs is 1. The highest BCUT2D eigenvalue weighted by Crippen LogP contribution is 2.45. The lowest BCUT2D eigenvalue weighted by molar-refractivity contribution is -0.139. The van der Waals surface area contributed by atoms with Crippen molar-refractivity contribution in [2.45, 2.75) is 55.5 Å². The van der Waals surface area contributed by atoms with Crippen LogP contribution in [-0.2, 0) is 4.79 Å². The van der Waals surface area contributed by atoms with Gasteiger partial charge in [-0.1, -0.05) is 0 Å². The third kappa shape index (κ3) is 3.74. The third-order valence-electron chi connectivity index (χ3n) is 4.53. The Bertz CT molecular complexity index is 678. The minimum absolute atomic E-state index is 0.0546. The largest absolute Gasteiger partial charge is 0.485 e. The van der Waals surface area contributed by atoms with Gasteiger partial charge in [0.1, 0.15) is 17.5 Å². The van der Waals surface area contributed by atoms with E-state index in [9.17, 15) is 23.1 Å². The fraction of sp³-hybridized carbons (Fsp3) is 0.588. The molecule has 0 saturated carbocycles. The van der Waals surface area contributed by atoms with E-state index in [4.69, 9.17) is 4.74 Å². The lowest BCUT2D eigenvalue weighted by atomic mass is 9.85. The van der Waals surface area contributed by atoms with Crippen LogP contribution in [0, 0.1) is 0 Å². The van der Waals surface area contributed by atoms with Crippen LogP contribution in [0.25, 0.3) is 0 Å². The predicted molar refractivity (Wildman–Crippen MR) is 87.6 cm³/mol. The lowest BCUT2D eigenvalue weighted by Crippen LogP contribution is -2.53. The van der Waals surface area contributed by atoms with Crippen molar-refractivity contribution in [3.8, 4) is 5.75 Å². The number of carbonyl (C=O) groups is 1. The van der Waals surface area contributed by atoms with Gasteiger partial charge in [0, 0.05) is 23.4 Å². The molecule has 1 amide bonds. The Morgan fingerprint density at radius 2 is 2.12 bits per heavy atom. The van der Waals surface area contributed by atoms with Crippen molar-refractivity contribution in [3.63, 3.8) is 0 Å². The number of amides is 1. The van der Waals surface area contributed by atoms with Crippen molar-refractivity contribution >= 4 is 17.7 Å². The van der Waals surface area contributed by atoms with Crippen LogP contribution < -0.4 is 4.74 Å². The summed E-state index contributed by atoms with van der Waals surface area (Å²) in [5.41, 5.74) is -0.338. The number of nitrogens with zero attached hydrogens (tertiary/aromatic N) is 1. The van der Waals surface area contributed by atoms with Gasteiger partial charge in [0.05, 0.1) is 11.8 Å². The van der Waals surface area contributed by atoms with Gasteiger partial charge in [-0.25, -0.2) is 0 Å². The third-order valence-corrected chi connectivity index (χ3v) is 5.59. The van der Waals surface area contributed by atoms with Crippen LogP contribution >= 0.6 is 11.8 Å². The van der Waals surface area contributed by atoms with Gasteiger partial charge in [-0.2, -0.15) is 13.2 Å². The molecule has 0 aromatic heterocycles. The first kappa shape index (κ1) is 18.4. The molecule has 2 aliphatic rings. The second-order valence-corrected chi connectivity index (χ2v) is 7.94. The number of carbonyl (C=O) groups excluding carboxylic acids is 1. The second-order valence-electron chi connectivity index (χ2n) is 6.89. The van der Waals surface area contributed by atoms with Gasteiger partial charge < -0.3 is 14.7 Å². The first-order chi connectivity index (χ1) is 11.6. The number of hydrogen-bond donors (Lipinski definition) is 1. The maximum atomic E-state index is 12.5. The standard InChI is InChI=1S/C17H20F3NO3S/c1-16(2)15(23)14(21-7-3-4-13(21)22)11-8-10(5-6-12(11)24-16)25-9-17(18,19)20/h5-6,8,14-15,23H,3-4,7,9H2,1-2H3/t14-,15+/m0/s1. The molecular formula is C17H20F3NO3S. The summed E-state index contributed by atoms with van der Waals surface area (Å²) >= 11 is 0.681. The summed E-state index contributed by atoms with van der Waals surface area (Å²) in [5.74, 6) is -0.550. The minimum Gasteiger partial charge on any atom is -0.485 e. The van der Waals surface area contributed by atoms with Gasteiger partial charge in [0.15, 0.2) is 0 Å². The Morgan fingerprint density at radius 3 is 2.72 bits per heavy atom. The Hall–Kier alpha value is -1.41. The fourth-order valence-electron chi connectivity index (χ4n) is 3.30. The van der Waals surface area contributed by atoms with E-state index in [1.807, 2.05) is 0 Å². The lowest BCUT2D eigenvalue weighted by Gasteiger charge is -2.45. The molecule has 2 atom stereocenters. The first-order valence-corrected chi connectivity index (χ1v) is 9.07. The Morgan fingerprint density at radius 1 is 1.40 bits per heavy atom. The van der Waals surface area contributed by atoms with Crippen LogP contribution in [0.2, 0.25) is 0 Å². The molecule has 0 radical (unpaired) electrons. The average molecular weight is 375 g/mol. The molecule has 0 aliphatic carbocycles. The van der Waals surface area contributed by atoms with E-state index in [1.54, 1.807) is 36.9 Å². The maximum absolute atomic E-state index is 12.5. The normalized spacial score (nSPS) is 25.7. The highest BCUT2D eigenvalue weighted by molar-refractivity contribution is 7.99. The van der Waals surface area contributed by atoms with Crippen LogP contribution in [0.4, 0.5) is 13.2 Å². The zero-order chi connectivity index (χ0) is 18.4. The quantitative estimate of drug-likeness (QED) is 0.821. The average Bonchev–Trinajstić information content (AvgIpc) is 2.91. The molecular weight excluding hydrogens is 355 g/mol. The summed E-state index contributed by atoms with van der Waals surface area (Å²) in [7, 11) is 0. The highest BCUT2D eigenvalue weighted by Gasteiger charge is 2.47. The summed E-state index contributed by atoms with van der Waals surface area (Å²) in [4.78, 5) is 14.3. The molecule has 0 spiro atoms. The van der Waals surface area contributed by atoms with Gasteiger partial charge in [-0.3, -0.25) is 4.79 Å². The number of ether oxygens (including phenoxy) is 1. The summed E-state index contributed by atoms with van der Waals surface area (Å²) in [6.45, 7) is 4.00. The molecule has 0 bridgehead atoms. The highest BCUT2D eigenvalue weighted by atomic mass is 32.2. The number of aliphatic hydroxyl groups excluding tert-OH is 1. The van der Waals surface area contributed by atoms with Crippen molar-refractivity contribution in [1.82, 2.24) is 4.90 Å². The van der Waals surface area contributed by atoms with Crippen molar-refractivity contribution in [2.24, 2.45) is 0 Å². The number of hydrogen-bond acceptors (Lipinski definition) is 4. The Balaban J connectivity index is 1.97. The number of benzene rings is 1. The molecule has 138 valence electrons. The molecule has 1 aromatic rings. The van der Waals surface area contributed by atoms with Crippen LogP contribution in [-0.4, -0.2) is 46.1 Å². The Kier molecular flexibility index (Phi) is 4.70. The zero-order valence-electron chi connectivity index (χ0n) is 14.0. The molecule has 1 saturated heterocycles. The number of thioether (sulfide) groups is 1. The van der Waals surface area contributed by atoms with E-state index < -0.39 is 29.7 Å². The van der Waals surface area contributed by atoms with Crippen molar-refractivity contribution < 1.29 is 27.8 Å². The minimum atomic E-state index is -4.26. The van der Waals surface area contributed by atoms with Gasteiger partial charge in [0.2, 0.25) is 5.91 Å². The molecule has 2 heterocycles. The number of likely N-dealkylation sites (tertiary alicyclic amines) is 1. The first-order valence-electron chi connectivity index (χ1n) is 8.08. The van der Waals surface area contributed by atoms with Crippen molar-refractivity contribution in [3.05, 3.63) is 23.8 Å². The van der Waals surface area contributed by atoms with E-state index in [0.717, 1.165) is 0 Å². The van der Waals surface area contributed by atoms with Crippen molar-refractivity contribution in [2.75, 3.05) is 12.3 Å². The van der Waals surface area contributed by atoms with Gasteiger partial charge in [-0.15, -0.1) is 11.8 Å². The summed E-state index contributed by atoms with van der Waals surface area (Å²) in [6.07, 6.45) is -4.10. The number of alkyl halides is 3. The van der Waals surface area contributed by atoms with Crippen LogP contribution in [0.3, 0.4) is 0 Å². The zero-order valence-corrected chi connectivity index (χ0v) is 14.8. The fourth-order valence-corrected chi connectivity index (χ4v) is 4.01. The van der Waals surface area contributed by atoms with Gasteiger partial charge in [0.25, 0.3) is 0 Å². The summed E-state index contributed by atoms with van der Waals surface area (Å²) < 4.78 is 43.3. The molecule has 1 N–H and O–H groups in total. The molecule has 8 heteroatoms. The Labute approximate surface area is 148 Å². The van der Waals surface area contributed by atoms with Gasteiger partial charge in [-0.05, 0) is 38.5 Å². The molecule has 4 nitrogen and oxygen atoms in total. The number of rotatable bonds is 3. The van der Waals surface area contributed by atoms with E-state index in [0.29, 0.717) is 47.4 Å². The summed E-state index contributed by atoms with van der Waals surface area (Å²) in [6, 6.07) is 4.18. The molecule has 0 unspecified atom stereocenters.